The van der Waals surface area contributed by atoms with E-state index in [0.717, 1.165) is 11.8 Å². The highest BCUT2D eigenvalue weighted by Gasteiger charge is 2.42. The van der Waals surface area contributed by atoms with E-state index in [1.807, 2.05) is 0 Å². The van der Waals surface area contributed by atoms with Crippen molar-refractivity contribution in [2.75, 3.05) is 4.72 Å². The van der Waals surface area contributed by atoms with E-state index in [4.69, 9.17) is 0 Å². The number of fused-ring (bicyclic) bond motifs is 2. The van der Waals surface area contributed by atoms with Crippen LogP contribution in [0.2, 0.25) is 0 Å². The molecule has 4 unspecified atom stereocenters. The van der Waals surface area contributed by atoms with Gasteiger partial charge in [0.2, 0.25) is 0 Å². The van der Waals surface area contributed by atoms with E-state index in [1.165, 1.54) is 37.0 Å². The van der Waals surface area contributed by atoms with Gasteiger partial charge in [0.05, 0.1) is 0 Å². The molecule has 1 amide bonds. The van der Waals surface area contributed by atoms with Gasteiger partial charge in [0.15, 0.2) is 0 Å². The maximum Gasteiger partial charge on any atom is 0.271 e. The summed E-state index contributed by atoms with van der Waals surface area (Å²) >= 11 is 1.17. The first-order valence-electron chi connectivity index (χ1n) is 9.39. The van der Waals surface area contributed by atoms with Crippen molar-refractivity contribution in [3.63, 3.8) is 0 Å². The third kappa shape index (κ3) is 3.89. The number of carbonyl (C=O) groups excluding carboxylic acids is 1. The summed E-state index contributed by atoms with van der Waals surface area (Å²) in [7, 11) is -3.57. The van der Waals surface area contributed by atoms with Crippen molar-refractivity contribution >= 4 is 33.0 Å². The van der Waals surface area contributed by atoms with Crippen LogP contribution in [0.1, 0.15) is 43.0 Å². The molecule has 0 spiro atoms. The Bertz CT molecular complexity index is 907. The lowest BCUT2D eigenvalue weighted by Crippen LogP contribution is -2.40. The fourth-order valence-corrected chi connectivity index (χ4v) is 6.67. The van der Waals surface area contributed by atoms with Gasteiger partial charge in [-0.25, -0.2) is 8.42 Å². The molecule has 2 aliphatic rings. The SMILES string of the molecule is CC(NC(=O)c1ccc(NS(=O)(=O)c2cccs2)cc1)C1CC2CCC1C2. The van der Waals surface area contributed by atoms with Crippen molar-refractivity contribution in [2.45, 2.75) is 42.9 Å². The largest absolute Gasteiger partial charge is 0.349 e. The van der Waals surface area contributed by atoms with Crippen LogP contribution in [0.3, 0.4) is 0 Å². The van der Waals surface area contributed by atoms with E-state index in [1.54, 1.807) is 41.8 Å². The van der Waals surface area contributed by atoms with Crippen LogP contribution in [-0.4, -0.2) is 20.4 Å². The number of hydrogen-bond donors (Lipinski definition) is 2. The molecular formula is C20H24N2O3S2. The highest BCUT2D eigenvalue weighted by molar-refractivity contribution is 7.94. The second-order valence-electron chi connectivity index (χ2n) is 7.72. The van der Waals surface area contributed by atoms with Crippen LogP contribution in [0, 0.1) is 17.8 Å². The summed E-state index contributed by atoms with van der Waals surface area (Å²) < 4.78 is 27.3. The third-order valence-corrected chi connectivity index (χ3v) is 8.73. The topological polar surface area (TPSA) is 75.3 Å². The molecule has 2 bridgehead atoms. The quantitative estimate of drug-likeness (QED) is 0.761. The molecule has 2 aromatic rings. The van der Waals surface area contributed by atoms with Gasteiger partial charge in [-0.15, -0.1) is 11.3 Å². The molecule has 2 saturated carbocycles. The van der Waals surface area contributed by atoms with Gasteiger partial charge in [-0.3, -0.25) is 9.52 Å². The summed E-state index contributed by atoms with van der Waals surface area (Å²) in [5.74, 6) is 2.11. The summed E-state index contributed by atoms with van der Waals surface area (Å²) in [4.78, 5) is 12.6. The monoisotopic (exact) mass is 404 g/mol. The standard InChI is InChI=1S/C20H24N2O3S2/c1-13(18-12-14-4-5-16(18)11-14)21-20(23)15-6-8-17(9-7-15)22-27(24,25)19-3-2-10-26-19/h2-3,6-10,13-14,16,18,22H,4-5,11-12H2,1H3,(H,21,23). The van der Waals surface area contributed by atoms with Gasteiger partial charge in [0.1, 0.15) is 4.21 Å². The Hall–Kier alpha value is -1.86. The Morgan fingerprint density at radius 2 is 1.93 bits per heavy atom. The zero-order valence-electron chi connectivity index (χ0n) is 15.2. The Morgan fingerprint density at radius 1 is 1.15 bits per heavy atom. The first-order chi connectivity index (χ1) is 12.9. The van der Waals surface area contributed by atoms with Crippen LogP contribution in [0.25, 0.3) is 0 Å². The molecule has 1 heterocycles. The van der Waals surface area contributed by atoms with Crippen LogP contribution >= 0.6 is 11.3 Å². The first-order valence-corrected chi connectivity index (χ1v) is 11.8. The normalized spacial score (nSPS) is 25.3. The molecule has 0 saturated heterocycles. The number of nitrogens with one attached hydrogen (secondary N) is 2. The maximum atomic E-state index is 12.6. The van der Waals surface area contributed by atoms with E-state index in [-0.39, 0.29) is 16.2 Å². The van der Waals surface area contributed by atoms with E-state index in [9.17, 15) is 13.2 Å². The molecule has 27 heavy (non-hydrogen) atoms. The van der Waals surface area contributed by atoms with E-state index in [0.29, 0.717) is 17.2 Å². The van der Waals surface area contributed by atoms with Gasteiger partial charge >= 0.3 is 0 Å². The molecule has 2 N–H and O–H groups in total. The fourth-order valence-electron chi connectivity index (χ4n) is 4.61. The number of thiophene rings is 1. The number of sulfonamides is 1. The van der Waals surface area contributed by atoms with Crippen molar-refractivity contribution in [1.29, 1.82) is 0 Å². The predicted molar refractivity (Wildman–Crippen MR) is 107 cm³/mol. The minimum absolute atomic E-state index is 0.0991. The van der Waals surface area contributed by atoms with Gasteiger partial charge in [-0.2, -0.15) is 0 Å². The van der Waals surface area contributed by atoms with Crippen molar-refractivity contribution in [1.82, 2.24) is 5.32 Å². The van der Waals surface area contributed by atoms with E-state index >= 15 is 0 Å². The smallest absolute Gasteiger partial charge is 0.271 e. The number of carbonyl (C=O) groups is 1. The van der Waals surface area contributed by atoms with Crippen molar-refractivity contribution in [3.8, 4) is 0 Å². The van der Waals surface area contributed by atoms with E-state index in [2.05, 4.69) is 17.0 Å². The van der Waals surface area contributed by atoms with Gasteiger partial charge in [-0.1, -0.05) is 12.5 Å². The average molecular weight is 405 g/mol. The van der Waals surface area contributed by atoms with Crippen LogP contribution in [-0.2, 0) is 10.0 Å². The van der Waals surface area contributed by atoms with Crippen molar-refractivity contribution in [3.05, 3.63) is 47.3 Å². The minimum Gasteiger partial charge on any atom is -0.349 e. The van der Waals surface area contributed by atoms with Crippen LogP contribution in [0.4, 0.5) is 5.69 Å². The van der Waals surface area contributed by atoms with Crippen LogP contribution < -0.4 is 10.0 Å². The lowest BCUT2D eigenvalue weighted by molar-refractivity contribution is 0.0915. The second kappa shape index (κ2) is 7.28. The Labute approximate surface area is 164 Å². The van der Waals surface area contributed by atoms with E-state index < -0.39 is 10.0 Å². The summed E-state index contributed by atoms with van der Waals surface area (Å²) in [6.07, 6.45) is 5.21. The van der Waals surface area contributed by atoms with Crippen molar-refractivity contribution < 1.29 is 13.2 Å². The molecule has 2 aliphatic carbocycles. The molecule has 2 fully saturated rings. The number of benzene rings is 1. The third-order valence-electron chi connectivity index (χ3n) is 5.95. The molecule has 7 heteroatoms. The van der Waals surface area contributed by atoms with Gasteiger partial charge < -0.3 is 5.32 Å². The molecule has 5 nitrogen and oxygen atoms in total. The lowest BCUT2D eigenvalue weighted by Gasteiger charge is -2.28. The molecule has 1 aromatic heterocycles. The first kappa shape index (κ1) is 18.5. The summed E-state index contributed by atoms with van der Waals surface area (Å²) in [5.41, 5.74) is 0.991. The average Bonchev–Trinajstić information content (AvgIpc) is 3.39. The maximum absolute atomic E-state index is 12.6. The summed E-state index contributed by atoms with van der Waals surface area (Å²) in [5, 5.41) is 4.86. The molecule has 4 rings (SSSR count). The zero-order chi connectivity index (χ0) is 19.0. The van der Waals surface area contributed by atoms with Gasteiger partial charge in [-0.05, 0) is 79.7 Å². The highest BCUT2D eigenvalue weighted by Crippen LogP contribution is 2.49. The number of hydrogen-bond acceptors (Lipinski definition) is 4. The molecule has 0 aliphatic heterocycles. The molecule has 0 radical (unpaired) electrons. The van der Waals surface area contributed by atoms with Crippen LogP contribution in [0.5, 0.6) is 0 Å². The predicted octanol–water partition coefficient (Wildman–Crippen LogP) is 4.10. The number of anilines is 1. The second-order valence-corrected chi connectivity index (χ2v) is 10.6. The Morgan fingerprint density at radius 3 is 2.52 bits per heavy atom. The summed E-state index contributed by atoms with van der Waals surface area (Å²) in [6.45, 7) is 2.10. The number of rotatable bonds is 6. The molecule has 1 aromatic carbocycles. The minimum atomic E-state index is -3.57. The highest BCUT2D eigenvalue weighted by atomic mass is 32.2. The zero-order valence-corrected chi connectivity index (χ0v) is 16.9. The Kier molecular flexibility index (Phi) is 4.99. The van der Waals surface area contributed by atoms with Gasteiger partial charge in [0, 0.05) is 17.3 Å². The van der Waals surface area contributed by atoms with Crippen molar-refractivity contribution in [2.24, 2.45) is 17.8 Å². The summed E-state index contributed by atoms with van der Waals surface area (Å²) in [6, 6.07) is 10.0. The fraction of sp³-hybridized carbons (Fsp3) is 0.450. The molecular weight excluding hydrogens is 380 g/mol. The van der Waals surface area contributed by atoms with Gasteiger partial charge in [0.25, 0.3) is 15.9 Å². The Balaban J connectivity index is 1.38. The molecule has 4 atom stereocenters. The molecule has 144 valence electrons. The number of amides is 1. The lowest BCUT2D eigenvalue weighted by atomic mass is 9.84. The van der Waals surface area contributed by atoms with Crippen LogP contribution in [0.15, 0.2) is 46.0 Å².